The lowest BCUT2D eigenvalue weighted by molar-refractivity contribution is 0.0460. The highest BCUT2D eigenvalue weighted by Crippen LogP contribution is 2.45. The van der Waals surface area contributed by atoms with Crippen molar-refractivity contribution in [2.24, 2.45) is 0 Å². The third-order valence-electron chi connectivity index (χ3n) is 7.53. The molecule has 1 aromatic heterocycles. The van der Waals surface area contributed by atoms with Gasteiger partial charge in [0.05, 0.1) is 12.8 Å². The van der Waals surface area contributed by atoms with Gasteiger partial charge in [0, 0.05) is 41.1 Å². The molecule has 180 valence electrons. The zero-order valence-corrected chi connectivity index (χ0v) is 19.9. The second-order valence-corrected chi connectivity index (χ2v) is 9.50. The van der Waals surface area contributed by atoms with Crippen LogP contribution in [0.25, 0.3) is 11.0 Å². The van der Waals surface area contributed by atoms with E-state index in [0.29, 0.717) is 53.3 Å². The number of carbonyl (C=O) groups excluding carboxylic acids is 1. The molecule has 0 amide bonds. The second kappa shape index (κ2) is 9.37. The Morgan fingerprint density at radius 3 is 2.62 bits per heavy atom. The van der Waals surface area contributed by atoms with Crippen molar-refractivity contribution >= 4 is 16.8 Å². The largest absolute Gasteiger partial charge is 0.493 e. The molecule has 5 rings (SSSR count). The first-order chi connectivity index (χ1) is 16.5. The van der Waals surface area contributed by atoms with Gasteiger partial charge in [-0.3, -0.25) is 9.69 Å². The topological polar surface area (TPSA) is 64.8 Å². The van der Waals surface area contributed by atoms with Crippen LogP contribution in [-0.2, 0) is 0 Å². The average Bonchev–Trinajstić information content (AvgIpc) is 3.36. The molecule has 2 bridgehead atoms. The molecule has 2 fully saturated rings. The van der Waals surface area contributed by atoms with Gasteiger partial charge in [-0.05, 0) is 69.4 Å². The molecule has 2 saturated heterocycles. The van der Waals surface area contributed by atoms with Crippen LogP contribution in [0.3, 0.4) is 0 Å². The predicted octanol–water partition coefficient (Wildman–Crippen LogP) is 5.75. The Hall–Kier alpha value is -2.93. The number of ether oxygens (including phenoxy) is 2. The fourth-order valence-electron chi connectivity index (χ4n) is 5.86. The van der Waals surface area contributed by atoms with Crippen LogP contribution in [0.4, 0.5) is 4.39 Å². The first kappa shape index (κ1) is 22.8. The fraction of sp³-hybridized carbons (Fsp3) is 0.481. The molecular weight excluding hydrogens is 435 g/mol. The lowest BCUT2D eigenvalue weighted by Crippen LogP contribution is -2.50. The highest BCUT2D eigenvalue weighted by atomic mass is 19.1. The van der Waals surface area contributed by atoms with Gasteiger partial charge in [-0.15, -0.1) is 0 Å². The van der Waals surface area contributed by atoms with Crippen molar-refractivity contribution in [3.8, 4) is 11.5 Å². The Balaban J connectivity index is 1.29. The number of piperidine rings is 1. The van der Waals surface area contributed by atoms with Gasteiger partial charge in [0.25, 0.3) is 0 Å². The minimum absolute atomic E-state index is 0.000700. The van der Waals surface area contributed by atoms with E-state index in [9.17, 15) is 9.18 Å². The summed E-state index contributed by atoms with van der Waals surface area (Å²) in [7, 11) is 1.59. The summed E-state index contributed by atoms with van der Waals surface area (Å²) in [6.45, 7) is 4.31. The van der Waals surface area contributed by atoms with Crippen molar-refractivity contribution in [2.75, 3.05) is 13.7 Å². The summed E-state index contributed by atoms with van der Waals surface area (Å²) in [5.74, 6) is 1.26. The van der Waals surface area contributed by atoms with Crippen LogP contribution in [0.5, 0.6) is 11.5 Å². The van der Waals surface area contributed by atoms with Crippen LogP contribution in [0.2, 0.25) is 0 Å². The number of benzene rings is 2. The van der Waals surface area contributed by atoms with Crippen LogP contribution in [0.15, 0.2) is 40.9 Å². The van der Waals surface area contributed by atoms with E-state index in [1.165, 1.54) is 25.0 Å². The molecule has 3 heterocycles. The molecule has 6 nitrogen and oxygen atoms in total. The lowest BCUT2D eigenvalue weighted by atomic mass is 9.85. The first-order valence-electron chi connectivity index (χ1n) is 12.1. The van der Waals surface area contributed by atoms with Crippen molar-refractivity contribution in [1.29, 1.82) is 0 Å². The third kappa shape index (κ3) is 4.17. The Morgan fingerprint density at radius 2 is 1.94 bits per heavy atom. The molecule has 3 atom stereocenters. The second-order valence-electron chi connectivity index (χ2n) is 9.50. The van der Waals surface area contributed by atoms with E-state index in [1.54, 1.807) is 32.2 Å². The van der Waals surface area contributed by atoms with Crippen molar-refractivity contribution in [3.05, 3.63) is 53.5 Å². The van der Waals surface area contributed by atoms with E-state index in [2.05, 4.69) is 17.0 Å². The SMILES string of the molecule is CCC(COc1ccc(C(C)=O)cc1OC)N1C2CCC1CC(c1noc3cc(F)ccc13)C2. The molecule has 3 aromatic rings. The number of hydrogen-bond donors (Lipinski definition) is 0. The number of hydrogen-bond acceptors (Lipinski definition) is 6. The van der Waals surface area contributed by atoms with Crippen LogP contribution >= 0.6 is 0 Å². The first-order valence-corrected chi connectivity index (χ1v) is 12.1. The molecule has 0 N–H and O–H groups in total. The normalized spacial score (nSPS) is 23.2. The van der Waals surface area contributed by atoms with E-state index in [1.807, 2.05) is 6.07 Å². The van der Waals surface area contributed by atoms with Crippen molar-refractivity contribution in [3.63, 3.8) is 0 Å². The molecule has 7 heteroatoms. The van der Waals surface area contributed by atoms with Gasteiger partial charge in [-0.25, -0.2) is 4.39 Å². The summed E-state index contributed by atoms with van der Waals surface area (Å²) in [6, 6.07) is 11.2. The van der Waals surface area contributed by atoms with Crippen LogP contribution in [0.1, 0.15) is 67.9 Å². The van der Waals surface area contributed by atoms with Crippen molar-refractivity contribution in [1.82, 2.24) is 10.1 Å². The summed E-state index contributed by atoms with van der Waals surface area (Å²) in [5, 5.41) is 5.27. The van der Waals surface area contributed by atoms with Crippen molar-refractivity contribution < 1.29 is 23.2 Å². The Morgan fingerprint density at radius 1 is 1.18 bits per heavy atom. The minimum Gasteiger partial charge on any atom is -0.493 e. The minimum atomic E-state index is -0.302. The molecule has 0 radical (unpaired) electrons. The standard InChI is InChI=1S/C27H31FN2O4/c1-4-20(15-33-24-10-5-17(16(2)31)13-26(24)32-3)30-21-7-8-22(30)12-18(11-21)27-23-9-6-19(28)14-25(23)34-29-27/h5-6,9-10,13-14,18,20-22H,4,7-8,11-12,15H2,1-3H3. The number of methoxy groups -OCH3 is 1. The molecule has 0 spiro atoms. The summed E-state index contributed by atoms with van der Waals surface area (Å²) in [4.78, 5) is 14.3. The number of Topliss-reactive ketones (excluding diaryl/α,β-unsaturated/α-hetero) is 1. The van der Waals surface area contributed by atoms with E-state index >= 15 is 0 Å². The Kier molecular flexibility index (Phi) is 6.30. The Labute approximate surface area is 199 Å². The zero-order valence-electron chi connectivity index (χ0n) is 19.9. The summed E-state index contributed by atoms with van der Waals surface area (Å²) >= 11 is 0. The molecule has 0 saturated carbocycles. The van der Waals surface area contributed by atoms with Crippen molar-refractivity contribution in [2.45, 2.75) is 70.0 Å². The van der Waals surface area contributed by atoms with E-state index in [0.717, 1.165) is 30.3 Å². The number of halogens is 1. The number of aromatic nitrogens is 1. The monoisotopic (exact) mass is 466 g/mol. The van der Waals surface area contributed by atoms with E-state index in [-0.39, 0.29) is 11.6 Å². The summed E-state index contributed by atoms with van der Waals surface area (Å²) in [6.07, 6.45) is 5.35. The maximum Gasteiger partial charge on any atom is 0.170 e. The van der Waals surface area contributed by atoms with Gasteiger partial charge in [-0.1, -0.05) is 12.1 Å². The maximum atomic E-state index is 13.6. The number of ketones is 1. The van der Waals surface area contributed by atoms with Gasteiger partial charge in [0.1, 0.15) is 12.4 Å². The summed E-state index contributed by atoms with van der Waals surface area (Å²) in [5.41, 5.74) is 2.10. The molecule has 0 aliphatic carbocycles. The molecular formula is C27H31FN2O4. The third-order valence-corrected chi connectivity index (χ3v) is 7.53. The maximum absolute atomic E-state index is 13.6. The number of fused-ring (bicyclic) bond motifs is 3. The highest BCUT2D eigenvalue weighted by Gasteiger charge is 2.45. The van der Waals surface area contributed by atoms with Gasteiger partial charge < -0.3 is 14.0 Å². The number of rotatable bonds is 8. The van der Waals surface area contributed by atoms with Crippen LogP contribution in [0, 0.1) is 5.82 Å². The predicted molar refractivity (Wildman–Crippen MR) is 127 cm³/mol. The smallest absolute Gasteiger partial charge is 0.170 e. The van der Waals surface area contributed by atoms with Crippen LogP contribution < -0.4 is 9.47 Å². The summed E-state index contributed by atoms with van der Waals surface area (Å²) < 4.78 is 30.7. The number of nitrogens with zero attached hydrogens (tertiary/aromatic N) is 2. The quantitative estimate of drug-likeness (QED) is 0.394. The van der Waals surface area contributed by atoms with Gasteiger partial charge in [0.2, 0.25) is 0 Å². The fourth-order valence-corrected chi connectivity index (χ4v) is 5.86. The highest BCUT2D eigenvalue weighted by molar-refractivity contribution is 5.94. The van der Waals surface area contributed by atoms with Gasteiger partial charge >= 0.3 is 0 Å². The molecule has 3 unspecified atom stereocenters. The van der Waals surface area contributed by atoms with E-state index in [4.69, 9.17) is 14.0 Å². The van der Waals surface area contributed by atoms with E-state index < -0.39 is 0 Å². The molecule has 2 aliphatic rings. The average molecular weight is 467 g/mol. The van der Waals surface area contributed by atoms with Gasteiger partial charge in [-0.2, -0.15) is 0 Å². The zero-order chi connectivity index (χ0) is 23.8. The molecule has 2 aliphatic heterocycles. The Bertz CT molecular complexity index is 1180. The molecule has 34 heavy (non-hydrogen) atoms. The molecule has 2 aromatic carbocycles. The van der Waals surface area contributed by atoms with Crippen LogP contribution in [-0.4, -0.2) is 47.7 Å². The van der Waals surface area contributed by atoms with Gasteiger partial charge in [0.15, 0.2) is 22.9 Å². The number of carbonyl (C=O) groups is 1. The lowest BCUT2D eigenvalue weighted by Gasteiger charge is -2.43.